The van der Waals surface area contributed by atoms with Gasteiger partial charge >= 0.3 is 18.5 Å². The van der Waals surface area contributed by atoms with Gasteiger partial charge in [-0.25, -0.2) is 4.98 Å². The van der Waals surface area contributed by atoms with Crippen LogP contribution in [0.1, 0.15) is 18.1 Å². The number of aromatic nitrogens is 1. The molecule has 0 saturated heterocycles. The molecule has 22 heavy (non-hydrogen) atoms. The molecule has 0 saturated carbocycles. The highest BCUT2D eigenvalue weighted by Gasteiger charge is 2.40. The molecule has 0 aromatic carbocycles. The van der Waals surface area contributed by atoms with E-state index in [-0.39, 0.29) is 12.8 Å². The van der Waals surface area contributed by atoms with Crippen LogP contribution in [0.4, 0.5) is 30.7 Å². The molecule has 4 nitrogen and oxygen atoms in total. The van der Waals surface area contributed by atoms with Gasteiger partial charge in [0.1, 0.15) is 0 Å². The molecule has 0 atom stereocenters. The first kappa shape index (κ1) is 18.0. The third-order valence-electron chi connectivity index (χ3n) is 2.24. The number of halogens is 7. The Bertz CT molecular complexity index is 554. The molecule has 0 unspecified atom stereocenters. The molecule has 1 heterocycles. The summed E-state index contributed by atoms with van der Waals surface area (Å²) < 4.78 is 95.9. The molecule has 0 bridgehead atoms. The van der Waals surface area contributed by atoms with E-state index in [9.17, 15) is 35.5 Å². The molecule has 0 radical (unpaired) electrons. The first-order chi connectivity index (χ1) is 9.95. The molecule has 0 fully saturated rings. The Kier molecular flexibility index (Phi) is 5.20. The van der Waals surface area contributed by atoms with Crippen LogP contribution in [0.3, 0.4) is 0 Å². The highest BCUT2D eigenvalue weighted by Crippen LogP contribution is 2.38. The van der Waals surface area contributed by atoms with E-state index < -0.39 is 47.8 Å². The van der Waals surface area contributed by atoms with Crippen LogP contribution in [0.5, 0.6) is 5.75 Å². The molecule has 1 aromatic heterocycles. The summed E-state index contributed by atoms with van der Waals surface area (Å²) in [6.07, 6.45) is -11.9. The van der Waals surface area contributed by atoms with E-state index in [1.165, 1.54) is 6.92 Å². The maximum Gasteiger partial charge on any atom is 0.573 e. The molecular formula is C11H8F7NO3. The standard InChI is InChI=1S/C11H8F7NO3/c1-2-21-7(20)3-5-6(10(13,14)15)4-19-9(12)8(5)22-11(16,17)18/h4H,2-3H2,1H3. The highest BCUT2D eigenvalue weighted by atomic mass is 19.4. The van der Waals surface area contributed by atoms with Crippen molar-refractivity contribution in [1.82, 2.24) is 4.98 Å². The number of esters is 1. The second-order valence-electron chi connectivity index (χ2n) is 3.80. The van der Waals surface area contributed by atoms with E-state index in [2.05, 4.69) is 14.5 Å². The van der Waals surface area contributed by atoms with Crippen molar-refractivity contribution >= 4 is 5.97 Å². The Hall–Kier alpha value is -2.07. The van der Waals surface area contributed by atoms with E-state index in [1.54, 1.807) is 0 Å². The van der Waals surface area contributed by atoms with Crippen LogP contribution in [0.15, 0.2) is 6.20 Å². The summed E-state index contributed by atoms with van der Waals surface area (Å²) in [6.45, 7) is 1.12. The van der Waals surface area contributed by atoms with Crippen LogP contribution in [-0.4, -0.2) is 23.9 Å². The Labute approximate surface area is 118 Å². The number of carbonyl (C=O) groups is 1. The molecule has 1 aromatic rings. The zero-order valence-corrected chi connectivity index (χ0v) is 10.8. The van der Waals surface area contributed by atoms with Crippen molar-refractivity contribution in [1.29, 1.82) is 0 Å². The maximum atomic E-state index is 13.3. The van der Waals surface area contributed by atoms with Gasteiger partial charge in [0.05, 0.1) is 18.6 Å². The number of carbonyl (C=O) groups excluding carboxylic acids is 1. The molecule has 0 aliphatic rings. The van der Waals surface area contributed by atoms with Crippen molar-refractivity contribution in [3.63, 3.8) is 0 Å². The summed E-state index contributed by atoms with van der Waals surface area (Å²) in [4.78, 5) is 13.8. The lowest BCUT2D eigenvalue weighted by Crippen LogP contribution is -2.23. The zero-order chi connectivity index (χ0) is 17.1. The summed E-state index contributed by atoms with van der Waals surface area (Å²) in [5, 5.41) is 0. The summed E-state index contributed by atoms with van der Waals surface area (Å²) in [5.74, 6) is -5.01. The van der Waals surface area contributed by atoms with Crippen LogP contribution in [0, 0.1) is 5.95 Å². The minimum absolute atomic E-state index is 0.0207. The normalized spacial score (nSPS) is 12.2. The average molecular weight is 335 g/mol. The summed E-state index contributed by atoms with van der Waals surface area (Å²) in [7, 11) is 0. The molecule has 0 spiro atoms. The fourth-order valence-electron chi connectivity index (χ4n) is 1.50. The fourth-order valence-corrected chi connectivity index (χ4v) is 1.50. The first-order valence-electron chi connectivity index (χ1n) is 5.61. The van der Waals surface area contributed by atoms with Crippen molar-refractivity contribution in [3.8, 4) is 5.75 Å². The predicted octanol–water partition coefficient (Wildman–Crippen LogP) is 3.24. The third kappa shape index (κ3) is 4.74. The van der Waals surface area contributed by atoms with Crippen LogP contribution in [0.25, 0.3) is 0 Å². The summed E-state index contributed by atoms with van der Waals surface area (Å²) in [6, 6.07) is 0. The lowest BCUT2D eigenvalue weighted by atomic mass is 10.1. The average Bonchev–Trinajstić information content (AvgIpc) is 2.31. The van der Waals surface area contributed by atoms with Crippen molar-refractivity contribution in [2.75, 3.05) is 6.61 Å². The van der Waals surface area contributed by atoms with Crippen molar-refractivity contribution in [3.05, 3.63) is 23.3 Å². The molecule has 1 rings (SSSR count). The number of hydrogen-bond acceptors (Lipinski definition) is 4. The van der Waals surface area contributed by atoms with Crippen LogP contribution >= 0.6 is 0 Å². The van der Waals surface area contributed by atoms with E-state index in [4.69, 9.17) is 0 Å². The smallest absolute Gasteiger partial charge is 0.466 e. The number of hydrogen-bond donors (Lipinski definition) is 0. The molecule has 0 N–H and O–H groups in total. The number of pyridine rings is 1. The second-order valence-corrected chi connectivity index (χ2v) is 3.80. The third-order valence-corrected chi connectivity index (χ3v) is 2.24. The molecule has 0 aliphatic carbocycles. The Morgan fingerprint density at radius 3 is 2.27 bits per heavy atom. The number of rotatable bonds is 4. The van der Waals surface area contributed by atoms with Gasteiger partial charge in [-0.1, -0.05) is 0 Å². The van der Waals surface area contributed by atoms with E-state index in [1.807, 2.05) is 0 Å². The number of alkyl halides is 6. The van der Waals surface area contributed by atoms with Crippen molar-refractivity contribution in [2.45, 2.75) is 25.9 Å². The number of nitrogens with zero attached hydrogens (tertiary/aromatic N) is 1. The Balaban J connectivity index is 3.42. The van der Waals surface area contributed by atoms with Crippen LogP contribution < -0.4 is 4.74 Å². The summed E-state index contributed by atoms with van der Waals surface area (Å²) >= 11 is 0. The molecular weight excluding hydrogens is 327 g/mol. The minimum Gasteiger partial charge on any atom is -0.466 e. The van der Waals surface area contributed by atoms with Crippen molar-refractivity contribution in [2.24, 2.45) is 0 Å². The highest BCUT2D eigenvalue weighted by molar-refractivity contribution is 5.74. The molecule has 11 heteroatoms. The van der Waals surface area contributed by atoms with E-state index in [0.29, 0.717) is 0 Å². The molecule has 124 valence electrons. The quantitative estimate of drug-likeness (QED) is 0.481. The zero-order valence-electron chi connectivity index (χ0n) is 10.8. The Morgan fingerprint density at radius 1 is 1.23 bits per heavy atom. The lowest BCUT2D eigenvalue weighted by molar-refractivity contribution is -0.276. The SMILES string of the molecule is CCOC(=O)Cc1c(C(F)(F)F)cnc(F)c1OC(F)(F)F. The largest absolute Gasteiger partial charge is 0.573 e. The van der Waals surface area contributed by atoms with Gasteiger partial charge in [0.15, 0.2) is 5.75 Å². The van der Waals surface area contributed by atoms with E-state index in [0.717, 1.165) is 0 Å². The summed E-state index contributed by atoms with van der Waals surface area (Å²) in [5.41, 5.74) is -3.06. The maximum absolute atomic E-state index is 13.3. The van der Waals surface area contributed by atoms with Gasteiger partial charge in [-0.05, 0) is 6.92 Å². The minimum atomic E-state index is -5.46. The van der Waals surface area contributed by atoms with Crippen molar-refractivity contribution < 1.29 is 45.0 Å². The van der Waals surface area contributed by atoms with Gasteiger partial charge < -0.3 is 9.47 Å². The topological polar surface area (TPSA) is 48.4 Å². The van der Waals surface area contributed by atoms with Gasteiger partial charge in [-0.15, -0.1) is 13.2 Å². The predicted molar refractivity (Wildman–Crippen MR) is 56.2 cm³/mol. The van der Waals surface area contributed by atoms with Crippen LogP contribution in [0.2, 0.25) is 0 Å². The van der Waals surface area contributed by atoms with E-state index >= 15 is 0 Å². The molecule has 0 amide bonds. The Morgan fingerprint density at radius 2 is 1.82 bits per heavy atom. The lowest BCUT2D eigenvalue weighted by Gasteiger charge is -2.17. The number of ether oxygens (including phenoxy) is 2. The van der Waals surface area contributed by atoms with Crippen LogP contribution in [-0.2, 0) is 22.1 Å². The van der Waals surface area contributed by atoms with Gasteiger partial charge in [0.2, 0.25) is 0 Å². The monoisotopic (exact) mass is 335 g/mol. The van der Waals surface area contributed by atoms with Gasteiger partial charge in [-0.2, -0.15) is 17.6 Å². The first-order valence-corrected chi connectivity index (χ1v) is 5.61. The molecule has 0 aliphatic heterocycles. The second kappa shape index (κ2) is 6.36. The van der Waals surface area contributed by atoms with Gasteiger partial charge in [0, 0.05) is 11.8 Å². The van der Waals surface area contributed by atoms with Gasteiger partial charge in [0.25, 0.3) is 5.95 Å². The van der Waals surface area contributed by atoms with Gasteiger partial charge in [-0.3, -0.25) is 4.79 Å². The fraction of sp³-hybridized carbons (Fsp3) is 0.455.